The van der Waals surface area contributed by atoms with Crippen LogP contribution in [0.1, 0.15) is 12.8 Å². The predicted octanol–water partition coefficient (Wildman–Crippen LogP) is 1.68. The Morgan fingerprint density at radius 3 is 2.44 bits per heavy atom. The maximum atomic E-state index is 13.0. The molecule has 0 bridgehead atoms. The molecule has 0 fully saturated rings. The van der Waals surface area contributed by atoms with Gasteiger partial charge >= 0.3 is 11.9 Å². The Bertz CT molecular complexity index is 389. The van der Waals surface area contributed by atoms with Crippen molar-refractivity contribution in [2.24, 2.45) is 0 Å². The number of methoxy groups -OCH3 is 1. The molecule has 86 valence electrons. The minimum Gasteiger partial charge on any atom is -0.469 e. The lowest BCUT2D eigenvalue weighted by atomic mass is 10.3. The molecule has 0 atom stereocenters. The fourth-order valence-corrected chi connectivity index (χ4v) is 1.01. The summed E-state index contributed by atoms with van der Waals surface area (Å²) in [6.07, 6.45) is -0.217. The van der Waals surface area contributed by atoms with Gasteiger partial charge in [-0.2, -0.15) is 0 Å². The zero-order chi connectivity index (χ0) is 12.0. The summed E-state index contributed by atoms with van der Waals surface area (Å²) in [5.74, 6) is -1.94. The van der Waals surface area contributed by atoms with E-state index in [0.717, 1.165) is 0 Å². The zero-order valence-electron chi connectivity index (χ0n) is 8.73. The highest BCUT2D eigenvalue weighted by Crippen LogP contribution is 2.16. The molecule has 16 heavy (non-hydrogen) atoms. The lowest BCUT2D eigenvalue weighted by Gasteiger charge is -2.04. The first-order chi connectivity index (χ1) is 7.63. The first kappa shape index (κ1) is 12.2. The van der Waals surface area contributed by atoms with Crippen LogP contribution in [0.15, 0.2) is 24.3 Å². The van der Waals surface area contributed by atoms with E-state index in [-0.39, 0.29) is 18.6 Å². The second-order valence-corrected chi connectivity index (χ2v) is 2.98. The number of ether oxygens (including phenoxy) is 2. The van der Waals surface area contributed by atoms with E-state index in [2.05, 4.69) is 4.74 Å². The smallest absolute Gasteiger partial charge is 0.311 e. The molecule has 0 aliphatic rings. The molecular weight excluding hydrogens is 215 g/mol. The summed E-state index contributed by atoms with van der Waals surface area (Å²) in [7, 11) is 1.23. The highest BCUT2D eigenvalue weighted by Gasteiger charge is 2.11. The van der Waals surface area contributed by atoms with Crippen LogP contribution in [0, 0.1) is 5.82 Å². The number of hydrogen-bond donors (Lipinski definition) is 0. The minimum absolute atomic E-state index is 0.0796. The summed E-state index contributed by atoms with van der Waals surface area (Å²) in [6.45, 7) is 0. The SMILES string of the molecule is COC(=O)CCC(=O)Oc1ccccc1F. The molecule has 0 aromatic heterocycles. The molecule has 1 aromatic rings. The molecule has 0 radical (unpaired) electrons. The van der Waals surface area contributed by atoms with Gasteiger partial charge in [0.1, 0.15) is 0 Å². The van der Waals surface area contributed by atoms with Crippen molar-refractivity contribution in [3.05, 3.63) is 30.1 Å². The standard InChI is InChI=1S/C11H11FO4/c1-15-10(13)6-7-11(14)16-9-5-3-2-4-8(9)12/h2-5H,6-7H2,1H3. The van der Waals surface area contributed by atoms with Crippen LogP contribution < -0.4 is 4.74 Å². The first-order valence-electron chi connectivity index (χ1n) is 4.65. The van der Waals surface area contributed by atoms with E-state index < -0.39 is 17.8 Å². The number of carbonyl (C=O) groups excluding carboxylic acids is 2. The lowest BCUT2D eigenvalue weighted by molar-refractivity contribution is -0.144. The third-order valence-corrected chi connectivity index (χ3v) is 1.82. The highest BCUT2D eigenvalue weighted by atomic mass is 19.1. The van der Waals surface area contributed by atoms with Crippen LogP contribution in [-0.2, 0) is 14.3 Å². The minimum atomic E-state index is -0.671. The molecule has 4 nitrogen and oxygen atoms in total. The third-order valence-electron chi connectivity index (χ3n) is 1.82. The van der Waals surface area contributed by atoms with Gasteiger partial charge < -0.3 is 9.47 Å². The van der Waals surface area contributed by atoms with Crippen molar-refractivity contribution in [1.29, 1.82) is 0 Å². The molecule has 1 rings (SSSR count). The van der Waals surface area contributed by atoms with E-state index in [4.69, 9.17) is 4.74 Å². The summed E-state index contributed by atoms with van der Waals surface area (Å²) >= 11 is 0. The monoisotopic (exact) mass is 226 g/mol. The molecule has 5 heteroatoms. The van der Waals surface area contributed by atoms with Crippen LogP contribution in [0.25, 0.3) is 0 Å². The fourth-order valence-electron chi connectivity index (χ4n) is 1.01. The van der Waals surface area contributed by atoms with Gasteiger partial charge in [0.25, 0.3) is 0 Å². The van der Waals surface area contributed by atoms with Crippen LogP contribution >= 0.6 is 0 Å². The van der Waals surface area contributed by atoms with Crippen molar-refractivity contribution >= 4 is 11.9 Å². The third kappa shape index (κ3) is 3.68. The lowest BCUT2D eigenvalue weighted by Crippen LogP contribution is -2.11. The molecule has 0 unspecified atom stereocenters. The molecule has 0 saturated carbocycles. The Hall–Kier alpha value is -1.91. The Morgan fingerprint density at radius 1 is 1.19 bits per heavy atom. The number of esters is 2. The van der Waals surface area contributed by atoms with Gasteiger partial charge in [-0.05, 0) is 12.1 Å². The highest BCUT2D eigenvalue weighted by molar-refractivity contribution is 5.78. The molecule has 0 aliphatic carbocycles. The average Bonchev–Trinajstić information content (AvgIpc) is 2.29. The van der Waals surface area contributed by atoms with Gasteiger partial charge in [-0.1, -0.05) is 12.1 Å². The average molecular weight is 226 g/mol. The van der Waals surface area contributed by atoms with E-state index >= 15 is 0 Å². The predicted molar refractivity (Wildman–Crippen MR) is 53.3 cm³/mol. The van der Waals surface area contributed by atoms with Crippen molar-refractivity contribution in [2.75, 3.05) is 7.11 Å². The van der Waals surface area contributed by atoms with Gasteiger partial charge in [0.15, 0.2) is 11.6 Å². The van der Waals surface area contributed by atoms with E-state index in [1.807, 2.05) is 0 Å². The molecule has 0 spiro atoms. The second-order valence-electron chi connectivity index (χ2n) is 2.98. The Balaban J connectivity index is 2.46. The summed E-state index contributed by atoms with van der Waals surface area (Å²) in [6, 6.07) is 5.56. The van der Waals surface area contributed by atoms with E-state index in [1.165, 1.54) is 25.3 Å². The van der Waals surface area contributed by atoms with Crippen LogP contribution in [0.5, 0.6) is 5.75 Å². The van der Waals surface area contributed by atoms with Gasteiger partial charge in [0.05, 0.1) is 20.0 Å². The van der Waals surface area contributed by atoms with E-state index in [1.54, 1.807) is 6.07 Å². The molecule has 0 heterocycles. The van der Waals surface area contributed by atoms with Crippen LogP contribution in [0.4, 0.5) is 4.39 Å². The molecule has 0 saturated heterocycles. The van der Waals surface area contributed by atoms with Gasteiger partial charge in [-0.15, -0.1) is 0 Å². The largest absolute Gasteiger partial charge is 0.469 e. The number of carbonyl (C=O) groups is 2. The van der Waals surface area contributed by atoms with Crippen molar-refractivity contribution in [2.45, 2.75) is 12.8 Å². The van der Waals surface area contributed by atoms with Gasteiger partial charge in [-0.3, -0.25) is 9.59 Å². The number of benzene rings is 1. The normalized spacial score (nSPS) is 9.62. The van der Waals surface area contributed by atoms with Crippen LogP contribution in [-0.4, -0.2) is 19.0 Å². The molecule has 0 amide bonds. The van der Waals surface area contributed by atoms with Crippen LogP contribution in [0.2, 0.25) is 0 Å². The molecule has 0 aliphatic heterocycles. The topological polar surface area (TPSA) is 52.6 Å². The quantitative estimate of drug-likeness (QED) is 0.579. The van der Waals surface area contributed by atoms with Crippen LogP contribution in [0.3, 0.4) is 0 Å². The number of halogens is 1. The number of rotatable bonds is 4. The summed E-state index contributed by atoms with van der Waals surface area (Å²) < 4.78 is 22.1. The summed E-state index contributed by atoms with van der Waals surface area (Å²) in [4.78, 5) is 21.9. The summed E-state index contributed by atoms with van der Waals surface area (Å²) in [5, 5.41) is 0. The first-order valence-corrected chi connectivity index (χ1v) is 4.65. The molecule has 1 aromatic carbocycles. The van der Waals surface area contributed by atoms with Gasteiger partial charge in [-0.25, -0.2) is 4.39 Å². The zero-order valence-corrected chi connectivity index (χ0v) is 8.73. The maximum absolute atomic E-state index is 13.0. The van der Waals surface area contributed by atoms with Crippen molar-refractivity contribution in [3.63, 3.8) is 0 Å². The maximum Gasteiger partial charge on any atom is 0.311 e. The fraction of sp³-hybridized carbons (Fsp3) is 0.273. The second kappa shape index (κ2) is 5.85. The van der Waals surface area contributed by atoms with Crippen molar-refractivity contribution < 1.29 is 23.5 Å². The molecular formula is C11H11FO4. The van der Waals surface area contributed by atoms with Crippen molar-refractivity contribution in [3.8, 4) is 5.75 Å². The van der Waals surface area contributed by atoms with E-state index in [0.29, 0.717) is 0 Å². The Labute approximate surface area is 92.0 Å². The Kier molecular flexibility index (Phi) is 4.44. The number of para-hydroxylation sites is 1. The van der Waals surface area contributed by atoms with Crippen molar-refractivity contribution in [1.82, 2.24) is 0 Å². The number of hydrogen-bond acceptors (Lipinski definition) is 4. The Morgan fingerprint density at radius 2 is 1.81 bits per heavy atom. The van der Waals surface area contributed by atoms with Gasteiger partial charge in [0, 0.05) is 0 Å². The molecule has 0 N–H and O–H groups in total. The van der Waals surface area contributed by atoms with E-state index in [9.17, 15) is 14.0 Å². The van der Waals surface area contributed by atoms with Gasteiger partial charge in [0.2, 0.25) is 0 Å². The summed E-state index contributed by atoms with van der Waals surface area (Å²) in [5.41, 5.74) is 0.